The molecule has 144 valence electrons. The molecule has 0 heterocycles. The average Bonchev–Trinajstić information content (AvgIpc) is 2.69. The van der Waals surface area contributed by atoms with Gasteiger partial charge in [0.1, 0.15) is 5.75 Å². The van der Waals surface area contributed by atoms with Gasteiger partial charge in [-0.2, -0.15) is 0 Å². The van der Waals surface area contributed by atoms with Crippen molar-refractivity contribution < 1.29 is 5.11 Å². The van der Waals surface area contributed by atoms with E-state index >= 15 is 0 Å². The Morgan fingerprint density at radius 1 is 1.07 bits per heavy atom. The number of phenols is 1. The fraction of sp³-hybridized carbons (Fsp3) is 0.259. The maximum Gasteiger partial charge on any atom is 0.115 e. The Balaban J connectivity index is 1.64. The molecule has 0 bridgehead atoms. The third-order valence-corrected chi connectivity index (χ3v) is 5.65. The van der Waals surface area contributed by atoms with E-state index in [0.29, 0.717) is 5.92 Å². The Morgan fingerprint density at radius 3 is 2.21 bits per heavy atom. The van der Waals surface area contributed by atoms with Crippen LogP contribution in [0.25, 0.3) is 5.57 Å². The van der Waals surface area contributed by atoms with Gasteiger partial charge >= 0.3 is 0 Å². The predicted molar refractivity (Wildman–Crippen MR) is 120 cm³/mol. The molecular formula is C27H30O. The van der Waals surface area contributed by atoms with Gasteiger partial charge in [0.05, 0.1) is 0 Å². The first kappa shape index (κ1) is 19.9. The van der Waals surface area contributed by atoms with Gasteiger partial charge in [-0.1, -0.05) is 87.2 Å². The number of benzene rings is 2. The summed E-state index contributed by atoms with van der Waals surface area (Å²) in [6, 6.07) is 15.8. The summed E-state index contributed by atoms with van der Waals surface area (Å²) in [7, 11) is 0. The van der Waals surface area contributed by atoms with Crippen LogP contribution in [0.3, 0.4) is 0 Å². The minimum absolute atomic E-state index is 0.198. The fourth-order valence-electron chi connectivity index (χ4n) is 3.79. The summed E-state index contributed by atoms with van der Waals surface area (Å²) in [4.78, 5) is 0. The van der Waals surface area contributed by atoms with Gasteiger partial charge in [-0.15, -0.1) is 0 Å². The molecule has 0 amide bonds. The molecule has 1 aliphatic rings. The van der Waals surface area contributed by atoms with Gasteiger partial charge in [-0.3, -0.25) is 0 Å². The summed E-state index contributed by atoms with van der Waals surface area (Å²) in [5, 5.41) is 9.44. The van der Waals surface area contributed by atoms with E-state index in [4.69, 9.17) is 0 Å². The van der Waals surface area contributed by atoms with Gasteiger partial charge in [0.15, 0.2) is 0 Å². The normalized spacial score (nSPS) is 17.0. The first-order valence-electron chi connectivity index (χ1n) is 9.98. The minimum Gasteiger partial charge on any atom is -0.508 e. The zero-order chi connectivity index (χ0) is 20.1. The standard InChI is InChI=1S/C27H30O/c1-5-18-27(3,4)25-14-8-22(9-15-25)19-21-6-10-23(11-7-21)20(2)24-12-16-26(28)17-13-24/h5-14,16-18,25,28H,2,15,19H2,1,3-4H3. The van der Waals surface area contributed by atoms with E-state index in [1.54, 1.807) is 12.1 Å². The van der Waals surface area contributed by atoms with E-state index in [1.807, 2.05) is 12.1 Å². The maximum absolute atomic E-state index is 9.44. The molecule has 1 unspecified atom stereocenters. The largest absolute Gasteiger partial charge is 0.508 e. The van der Waals surface area contributed by atoms with Crippen molar-refractivity contribution in [3.8, 4) is 5.75 Å². The lowest BCUT2D eigenvalue weighted by Gasteiger charge is -2.30. The Kier molecular flexibility index (Phi) is 6.04. The maximum atomic E-state index is 9.44. The van der Waals surface area contributed by atoms with Crippen LogP contribution in [0.1, 0.15) is 43.9 Å². The summed E-state index contributed by atoms with van der Waals surface area (Å²) in [6.45, 7) is 10.9. The molecule has 0 spiro atoms. The van der Waals surface area contributed by atoms with Crippen molar-refractivity contribution in [2.45, 2.75) is 33.6 Å². The van der Waals surface area contributed by atoms with Gasteiger partial charge in [0, 0.05) is 0 Å². The molecule has 0 fully saturated rings. The van der Waals surface area contributed by atoms with Crippen LogP contribution in [0, 0.1) is 11.3 Å². The Hall–Kier alpha value is -2.80. The van der Waals surface area contributed by atoms with Crippen molar-refractivity contribution in [2.24, 2.45) is 11.3 Å². The molecule has 1 atom stereocenters. The Labute approximate surface area is 169 Å². The average molecular weight is 371 g/mol. The highest BCUT2D eigenvalue weighted by Gasteiger charge is 2.25. The molecule has 0 aliphatic heterocycles. The molecule has 2 aromatic rings. The summed E-state index contributed by atoms with van der Waals surface area (Å²) in [5.74, 6) is 0.834. The third kappa shape index (κ3) is 4.72. The van der Waals surface area contributed by atoms with Crippen molar-refractivity contribution in [3.05, 3.63) is 108 Å². The topological polar surface area (TPSA) is 20.2 Å². The van der Waals surface area contributed by atoms with E-state index in [0.717, 1.165) is 29.5 Å². The Bertz CT molecular complexity index is 906. The van der Waals surface area contributed by atoms with Crippen LogP contribution in [-0.2, 0) is 6.42 Å². The van der Waals surface area contributed by atoms with Gasteiger partial charge in [-0.05, 0) is 71.1 Å². The van der Waals surface area contributed by atoms with Crippen LogP contribution in [0.4, 0.5) is 0 Å². The van der Waals surface area contributed by atoms with Crippen molar-refractivity contribution >= 4 is 5.57 Å². The lowest BCUT2D eigenvalue weighted by atomic mass is 9.74. The number of hydrogen-bond donors (Lipinski definition) is 1. The van der Waals surface area contributed by atoms with Crippen LogP contribution in [-0.4, -0.2) is 5.11 Å². The lowest BCUT2D eigenvalue weighted by molar-refractivity contribution is 0.342. The summed E-state index contributed by atoms with van der Waals surface area (Å²) < 4.78 is 0. The lowest BCUT2D eigenvalue weighted by Crippen LogP contribution is -2.21. The second-order valence-corrected chi connectivity index (χ2v) is 8.20. The number of allylic oxidation sites excluding steroid dienone is 6. The monoisotopic (exact) mass is 370 g/mol. The molecule has 1 N–H and O–H groups in total. The van der Waals surface area contributed by atoms with Gasteiger partial charge in [0.25, 0.3) is 0 Å². The van der Waals surface area contributed by atoms with E-state index < -0.39 is 0 Å². The molecular weight excluding hydrogens is 340 g/mol. The van der Waals surface area contributed by atoms with E-state index in [9.17, 15) is 5.11 Å². The summed E-state index contributed by atoms with van der Waals surface area (Å²) >= 11 is 0. The number of phenolic OH excluding ortho intramolecular Hbond substituents is 1. The fourth-order valence-corrected chi connectivity index (χ4v) is 3.79. The number of hydrogen-bond acceptors (Lipinski definition) is 1. The van der Waals surface area contributed by atoms with Crippen LogP contribution in [0.15, 0.2) is 91.1 Å². The first-order valence-corrected chi connectivity index (χ1v) is 9.98. The van der Waals surface area contributed by atoms with E-state index in [1.165, 1.54) is 11.1 Å². The SMILES string of the molecule is C=C(c1ccc(O)cc1)c1ccc(CC2=CCC(C(C)(C)C=CC)C=C2)cc1. The zero-order valence-corrected chi connectivity index (χ0v) is 17.2. The number of rotatable bonds is 6. The first-order chi connectivity index (χ1) is 13.4. The van der Waals surface area contributed by atoms with E-state index in [2.05, 4.69) is 82.0 Å². The smallest absolute Gasteiger partial charge is 0.115 e. The molecule has 0 saturated carbocycles. The predicted octanol–water partition coefficient (Wildman–Crippen LogP) is 7.10. The molecule has 2 aromatic carbocycles. The third-order valence-electron chi connectivity index (χ3n) is 5.65. The highest BCUT2D eigenvalue weighted by Crippen LogP contribution is 2.35. The summed E-state index contributed by atoms with van der Waals surface area (Å²) in [6.07, 6.45) is 13.6. The van der Waals surface area contributed by atoms with Gasteiger partial charge in [-0.25, -0.2) is 0 Å². The zero-order valence-electron chi connectivity index (χ0n) is 17.2. The molecule has 3 rings (SSSR count). The van der Waals surface area contributed by atoms with Gasteiger partial charge in [0.2, 0.25) is 0 Å². The quantitative estimate of drug-likeness (QED) is 0.538. The van der Waals surface area contributed by atoms with E-state index in [-0.39, 0.29) is 11.2 Å². The van der Waals surface area contributed by atoms with Gasteiger partial charge < -0.3 is 5.11 Å². The number of aromatic hydroxyl groups is 1. The second-order valence-electron chi connectivity index (χ2n) is 8.20. The molecule has 28 heavy (non-hydrogen) atoms. The summed E-state index contributed by atoms with van der Waals surface area (Å²) in [5.41, 5.74) is 6.00. The second kappa shape index (κ2) is 8.48. The molecule has 1 aliphatic carbocycles. The van der Waals surface area contributed by atoms with Crippen LogP contribution >= 0.6 is 0 Å². The van der Waals surface area contributed by atoms with Crippen molar-refractivity contribution in [1.29, 1.82) is 0 Å². The molecule has 0 aromatic heterocycles. The Morgan fingerprint density at radius 2 is 1.68 bits per heavy atom. The highest BCUT2D eigenvalue weighted by molar-refractivity contribution is 5.78. The van der Waals surface area contributed by atoms with Crippen molar-refractivity contribution in [2.75, 3.05) is 0 Å². The van der Waals surface area contributed by atoms with Crippen LogP contribution in [0.5, 0.6) is 5.75 Å². The molecule has 1 heteroatoms. The molecule has 0 radical (unpaired) electrons. The van der Waals surface area contributed by atoms with Crippen molar-refractivity contribution in [1.82, 2.24) is 0 Å². The minimum atomic E-state index is 0.198. The van der Waals surface area contributed by atoms with Crippen LogP contribution < -0.4 is 0 Å². The molecule has 0 saturated heterocycles. The highest BCUT2D eigenvalue weighted by atomic mass is 16.3. The van der Waals surface area contributed by atoms with Crippen molar-refractivity contribution in [3.63, 3.8) is 0 Å². The van der Waals surface area contributed by atoms with Crippen LogP contribution in [0.2, 0.25) is 0 Å². The molecule has 1 nitrogen and oxygen atoms in total.